The van der Waals surface area contributed by atoms with E-state index in [0.717, 1.165) is 30.8 Å². The molecule has 1 saturated heterocycles. The Morgan fingerprint density at radius 3 is 2.67 bits per heavy atom. The van der Waals surface area contributed by atoms with Gasteiger partial charge in [-0.15, -0.1) is 0 Å². The van der Waals surface area contributed by atoms with Gasteiger partial charge in [-0.1, -0.05) is 31.4 Å². The molecule has 1 atom stereocenters. The van der Waals surface area contributed by atoms with Crippen LogP contribution in [0.15, 0.2) is 36.7 Å². The summed E-state index contributed by atoms with van der Waals surface area (Å²) in [5.41, 5.74) is 0.823. The summed E-state index contributed by atoms with van der Waals surface area (Å²) in [4.78, 5) is 33.3. The first-order valence-corrected chi connectivity index (χ1v) is 9.70. The van der Waals surface area contributed by atoms with Gasteiger partial charge in [-0.3, -0.25) is 9.59 Å². The monoisotopic (exact) mass is 388 g/mol. The molecule has 0 radical (unpaired) electrons. The van der Waals surface area contributed by atoms with Gasteiger partial charge in [0.2, 0.25) is 11.8 Å². The van der Waals surface area contributed by atoms with Crippen LogP contribution in [0.5, 0.6) is 0 Å². The SMILES string of the molecule is CCCCC1CN(c2ccc(Cl)cc2)C(=O)CN1C(=O)Cn1ccnc1C. The van der Waals surface area contributed by atoms with Crippen LogP contribution < -0.4 is 4.90 Å². The van der Waals surface area contributed by atoms with E-state index in [1.807, 2.05) is 23.6 Å². The molecule has 0 N–H and O–H groups in total. The lowest BCUT2D eigenvalue weighted by molar-refractivity contribution is -0.140. The molecule has 3 rings (SSSR count). The van der Waals surface area contributed by atoms with Crippen molar-refractivity contribution in [2.24, 2.45) is 0 Å². The molecule has 27 heavy (non-hydrogen) atoms. The number of aryl methyl sites for hydroxylation is 1. The number of aromatic nitrogens is 2. The predicted octanol–water partition coefficient (Wildman–Crippen LogP) is 3.28. The highest BCUT2D eigenvalue weighted by Crippen LogP contribution is 2.24. The summed E-state index contributed by atoms with van der Waals surface area (Å²) >= 11 is 5.97. The van der Waals surface area contributed by atoms with Gasteiger partial charge in [0.25, 0.3) is 0 Å². The predicted molar refractivity (Wildman–Crippen MR) is 106 cm³/mol. The van der Waals surface area contributed by atoms with Crippen LogP contribution in [0.25, 0.3) is 0 Å². The third-order valence-corrected chi connectivity index (χ3v) is 5.27. The maximum Gasteiger partial charge on any atom is 0.246 e. The number of anilines is 1. The second kappa shape index (κ2) is 8.57. The second-order valence-electron chi connectivity index (χ2n) is 6.90. The Labute approximate surface area is 164 Å². The van der Waals surface area contributed by atoms with Gasteiger partial charge >= 0.3 is 0 Å². The van der Waals surface area contributed by atoms with Gasteiger partial charge < -0.3 is 14.4 Å². The van der Waals surface area contributed by atoms with Crippen LogP contribution in [0.3, 0.4) is 0 Å². The van der Waals surface area contributed by atoms with Gasteiger partial charge in [0.15, 0.2) is 0 Å². The lowest BCUT2D eigenvalue weighted by Crippen LogP contribution is -2.58. The highest BCUT2D eigenvalue weighted by atomic mass is 35.5. The fraction of sp³-hybridized carbons (Fsp3) is 0.450. The Balaban J connectivity index is 1.77. The van der Waals surface area contributed by atoms with Crippen LogP contribution in [0.1, 0.15) is 32.0 Å². The van der Waals surface area contributed by atoms with Crippen molar-refractivity contribution in [1.82, 2.24) is 14.5 Å². The van der Waals surface area contributed by atoms with Crippen molar-refractivity contribution in [3.8, 4) is 0 Å². The van der Waals surface area contributed by atoms with Gasteiger partial charge in [0, 0.05) is 29.6 Å². The number of benzene rings is 1. The van der Waals surface area contributed by atoms with E-state index in [-0.39, 0.29) is 30.9 Å². The molecular weight excluding hydrogens is 364 g/mol. The number of unbranched alkanes of at least 4 members (excludes halogenated alkanes) is 1. The number of nitrogens with zero attached hydrogens (tertiary/aromatic N) is 4. The molecular formula is C20H25ClN4O2. The molecule has 1 aliphatic rings. The number of imidazole rings is 1. The molecule has 1 fully saturated rings. The first kappa shape index (κ1) is 19.4. The molecule has 0 saturated carbocycles. The van der Waals surface area contributed by atoms with E-state index in [2.05, 4.69) is 11.9 Å². The number of halogens is 1. The van der Waals surface area contributed by atoms with Crippen molar-refractivity contribution in [3.05, 3.63) is 47.5 Å². The normalized spacial score (nSPS) is 17.4. The van der Waals surface area contributed by atoms with Gasteiger partial charge in [-0.25, -0.2) is 4.98 Å². The molecule has 1 aromatic heterocycles. The van der Waals surface area contributed by atoms with E-state index < -0.39 is 0 Å². The Bertz CT molecular complexity index is 803. The van der Waals surface area contributed by atoms with Crippen LogP contribution >= 0.6 is 11.6 Å². The minimum absolute atomic E-state index is 0.00894. The summed E-state index contributed by atoms with van der Waals surface area (Å²) in [5, 5.41) is 0.637. The summed E-state index contributed by atoms with van der Waals surface area (Å²) in [7, 11) is 0. The average molecular weight is 389 g/mol. The van der Waals surface area contributed by atoms with Crippen molar-refractivity contribution in [2.75, 3.05) is 18.0 Å². The van der Waals surface area contributed by atoms with Crippen molar-refractivity contribution >= 4 is 29.1 Å². The molecule has 144 valence electrons. The van der Waals surface area contributed by atoms with Gasteiger partial charge in [-0.05, 0) is 37.6 Å². The van der Waals surface area contributed by atoms with Gasteiger partial charge in [-0.2, -0.15) is 0 Å². The van der Waals surface area contributed by atoms with E-state index in [1.165, 1.54) is 0 Å². The summed E-state index contributed by atoms with van der Waals surface area (Å²) in [6.45, 7) is 4.82. The van der Waals surface area contributed by atoms with Crippen LogP contribution in [0, 0.1) is 6.92 Å². The molecule has 7 heteroatoms. The molecule has 2 amide bonds. The Morgan fingerprint density at radius 2 is 2.04 bits per heavy atom. The molecule has 0 spiro atoms. The number of carbonyl (C=O) groups is 2. The maximum atomic E-state index is 12.9. The third-order valence-electron chi connectivity index (χ3n) is 5.02. The lowest BCUT2D eigenvalue weighted by atomic mass is 10.0. The Morgan fingerprint density at radius 1 is 1.30 bits per heavy atom. The molecule has 2 heterocycles. The minimum atomic E-state index is -0.0687. The Hall–Kier alpha value is -2.34. The van der Waals surface area contributed by atoms with E-state index >= 15 is 0 Å². The largest absolute Gasteiger partial charge is 0.327 e. The molecule has 2 aromatic rings. The lowest BCUT2D eigenvalue weighted by Gasteiger charge is -2.41. The summed E-state index contributed by atoms with van der Waals surface area (Å²) < 4.78 is 1.81. The van der Waals surface area contributed by atoms with E-state index in [9.17, 15) is 9.59 Å². The number of carbonyl (C=O) groups excluding carboxylic acids is 2. The number of amides is 2. The molecule has 6 nitrogen and oxygen atoms in total. The molecule has 0 bridgehead atoms. The zero-order chi connectivity index (χ0) is 19.4. The van der Waals surface area contributed by atoms with Crippen LogP contribution in [-0.2, 0) is 16.1 Å². The zero-order valence-corrected chi connectivity index (χ0v) is 16.5. The topological polar surface area (TPSA) is 58.4 Å². The van der Waals surface area contributed by atoms with E-state index in [1.54, 1.807) is 34.3 Å². The maximum absolute atomic E-state index is 12.9. The van der Waals surface area contributed by atoms with Gasteiger partial charge in [0.05, 0.1) is 6.04 Å². The number of rotatable bonds is 6. The number of hydrogen-bond donors (Lipinski definition) is 0. The highest BCUT2D eigenvalue weighted by molar-refractivity contribution is 6.30. The van der Waals surface area contributed by atoms with E-state index in [0.29, 0.717) is 11.6 Å². The van der Waals surface area contributed by atoms with Crippen molar-refractivity contribution in [1.29, 1.82) is 0 Å². The quantitative estimate of drug-likeness (QED) is 0.763. The second-order valence-corrected chi connectivity index (χ2v) is 7.34. The highest BCUT2D eigenvalue weighted by Gasteiger charge is 2.35. The van der Waals surface area contributed by atoms with Crippen LogP contribution in [-0.4, -0.2) is 45.4 Å². The fourth-order valence-corrected chi connectivity index (χ4v) is 3.55. The molecule has 0 aliphatic carbocycles. The van der Waals surface area contributed by atoms with Crippen LogP contribution in [0.2, 0.25) is 5.02 Å². The molecule has 1 aliphatic heterocycles. The minimum Gasteiger partial charge on any atom is -0.327 e. The van der Waals surface area contributed by atoms with Crippen molar-refractivity contribution in [2.45, 2.75) is 45.7 Å². The summed E-state index contributed by atoms with van der Waals surface area (Å²) in [5.74, 6) is 0.682. The first-order chi connectivity index (χ1) is 13.0. The number of hydrogen-bond acceptors (Lipinski definition) is 3. The smallest absolute Gasteiger partial charge is 0.246 e. The summed E-state index contributed by atoms with van der Waals surface area (Å²) in [6, 6.07) is 7.27. The average Bonchev–Trinajstić information content (AvgIpc) is 3.06. The fourth-order valence-electron chi connectivity index (χ4n) is 3.43. The van der Waals surface area contributed by atoms with Crippen molar-refractivity contribution in [3.63, 3.8) is 0 Å². The first-order valence-electron chi connectivity index (χ1n) is 9.32. The van der Waals surface area contributed by atoms with Crippen molar-refractivity contribution < 1.29 is 9.59 Å². The van der Waals surface area contributed by atoms with Gasteiger partial charge in [0.1, 0.15) is 18.9 Å². The van der Waals surface area contributed by atoms with Crippen LogP contribution in [0.4, 0.5) is 5.69 Å². The summed E-state index contributed by atoms with van der Waals surface area (Å²) in [6.07, 6.45) is 6.42. The standard InChI is InChI=1S/C20H25ClN4O2/c1-3-4-5-18-12-24(17-8-6-16(21)7-9-17)20(27)14-25(18)19(26)13-23-11-10-22-15(23)2/h6-11,18H,3-5,12-14H2,1-2H3. The number of piperazine rings is 1. The Kier molecular flexibility index (Phi) is 6.16. The third kappa shape index (κ3) is 4.50. The molecule has 1 unspecified atom stereocenters. The molecule has 1 aromatic carbocycles. The van der Waals surface area contributed by atoms with E-state index in [4.69, 9.17) is 11.6 Å². The zero-order valence-electron chi connectivity index (χ0n) is 15.8.